The number of hydrogen-bond donors (Lipinski definition) is 1. The molecule has 0 aliphatic carbocycles. The van der Waals surface area contributed by atoms with E-state index in [4.69, 9.17) is 10.5 Å². The Morgan fingerprint density at radius 3 is 2.33 bits per heavy atom. The van der Waals surface area contributed by atoms with Gasteiger partial charge in [0.15, 0.2) is 0 Å². The molecule has 0 unspecified atom stereocenters. The molecule has 0 spiro atoms. The summed E-state index contributed by atoms with van der Waals surface area (Å²) in [5, 5.41) is 1.21. The van der Waals surface area contributed by atoms with Crippen LogP contribution in [-0.4, -0.2) is 21.1 Å². The Kier molecular flexibility index (Phi) is 3.19. The normalized spacial score (nSPS) is 11.2. The molecule has 0 saturated carbocycles. The van der Waals surface area contributed by atoms with E-state index >= 15 is 0 Å². The molecular weight excluding hydrogens is 206 g/mol. The van der Waals surface area contributed by atoms with Crippen molar-refractivity contribution in [2.75, 3.05) is 7.11 Å². The predicted octanol–water partition coefficient (Wildman–Crippen LogP) is 1.34. The number of carbonyl (C=O) groups is 1. The number of carbonyl (C=O) groups excluding carboxylic acids is 1. The largest absolute Gasteiger partial charge is 0.496 e. The van der Waals surface area contributed by atoms with Gasteiger partial charge in [-0.3, -0.25) is 4.79 Å². The second-order valence-corrected chi connectivity index (χ2v) is 9.61. The van der Waals surface area contributed by atoms with Crippen molar-refractivity contribution in [2.45, 2.75) is 19.6 Å². The van der Waals surface area contributed by atoms with Crippen LogP contribution in [0, 0.1) is 0 Å². The van der Waals surface area contributed by atoms with Gasteiger partial charge in [0.05, 0.1) is 20.7 Å². The first-order chi connectivity index (χ1) is 6.86. The van der Waals surface area contributed by atoms with E-state index in [0.717, 1.165) is 0 Å². The van der Waals surface area contributed by atoms with Gasteiger partial charge < -0.3 is 10.5 Å². The van der Waals surface area contributed by atoms with Crippen LogP contribution in [-0.2, 0) is 0 Å². The molecule has 0 radical (unpaired) electrons. The van der Waals surface area contributed by atoms with Gasteiger partial charge in [-0.1, -0.05) is 30.9 Å². The molecule has 0 aliphatic heterocycles. The summed E-state index contributed by atoms with van der Waals surface area (Å²) in [5.41, 5.74) is 5.77. The van der Waals surface area contributed by atoms with E-state index in [1.165, 1.54) is 12.3 Å². The lowest BCUT2D eigenvalue weighted by atomic mass is 10.2. The summed E-state index contributed by atoms with van der Waals surface area (Å²) in [7, 11) is 0.128. The highest BCUT2D eigenvalue weighted by atomic mass is 28.3. The summed E-state index contributed by atoms with van der Waals surface area (Å²) in [6, 6.07) is 5.68. The number of ether oxygens (including phenoxy) is 1. The fourth-order valence-electron chi connectivity index (χ4n) is 1.37. The van der Waals surface area contributed by atoms with Crippen molar-refractivity contribution in [1.82, 2.24) is 0 Å². The molecule has 1 amide bonds. The number of rotatable bonds is 3. The molecule has 0 atom stereocenters. The Morgan fingerprint density at radius 1 is 1.33 bits per heavy atom. The summed E-state index contributed by atoms with van der Waals surface area (Å²) in [5.74, 6) is 0.108. The molecule has 1 aromatic carbocycles. The Morgan fingerprint density at radius 2 is 1.93 bits per heavy atom. The standard InChI is InChI=1S/C11H17NO2Si/c1-14-10-6-5-8(15(2,3)4)7-9(10)11(12)13/h5-7H,1-4H3,(H2,12,13). The second kappa shape index (κ2) is 4.06. The van der Waals surface area contributed by atoms with E-state index in [1.807, 2.05) is 18.2 Å². The highest BCUT2D eigenvalue weighted by molar-refractivity contribution is 6.88. The zero-order valence-electron chi connectivity index (χ0n) is 9.63. The van der Waals surface area contributed by atoms with E-state index in [1.54, 1.807) is 0 Å². The number of methoxy groups -OCH3 is 1. The van der Waals surface area contributed by atoms with Gasteiger partial charge in [-0.05, 0) is 12.1 Å². The maximum atomic E-state index is 11.2. The zero-order chi connectivity index (χ0) is 11.6. The zero-order valence-corrected chi connectivity index (χ0v) is 10.6. The summed E-state index contributed by atoms with van der Waals surface area (Å²) < 4.78 is 5.09. The first kappa shape index (κ1) is 11.8. The Bertz CT molecular complexity index is 383. The SMILES string of the molecule is COc1ccc([Si](C)(C)C)cc1C(N)=O. The van der Waals surface area contributed by atoms with Crippen molar-refractivity contribution >= 4 is 19.2 Å². The lowest BCUT2D eigenvalue weighted by Crippen LogP contribution is -2.38. The Labute approximate surface area is 91.3 Å². The minimum absolute atomic E-state index is 0.438. The molecule has 0 aliphatic rings. The molecule has 4 heteroatoms. The van der Waals surface area contributed by atoms with Crippen LogP contribution in [0.4, 0.5) is 0 Å². The van der Waals surface area contributed by atoms with E-state index in [0.29, 0.717) is 11.3 Å². The molecule has 0 saturated heterocycles. The second-order valence-electron chi connectivity index (χ2n) is 4.53. The molecule has 3 nitrogen and oxygen atoms in total. The van der Waals surface area contributed by atoms with Crippen LogP contribution in [0.3, 0.4) is 0 Å². The molecule has 1 aromatic rings. The molecule has 82 valence electrons. The van der Waals surface area contributed by atoms with Crippen molar-refractivity contribution in [2.24, 2.45) is 5.73 Å². The van der Waals surface area contributed by atoms with Crippen molar-refractivity contribution < 1.29 is 9.53 Å². The minimum Gasteiger partial charge on any atom is -0.496 e. The number of amides is 1. The van der Waals surface area contributed by atoms with Crippen LogP contribution in [0.5, 0.6) is 5.75 Å². The number of nitrogens with two attached hydrogens (primary N) is 1. The molecule has 15 heavy (non-hydrogen) atoms. The van der Waals surface area contributed by atoms with Gasteiger partial charge in [0, 0.05) is 0 Å². The van der Waals surface area contributed by atoms with Crippen LogP contribution >= 0.6 is 0 Å². The third-order valence-electron chi connectivity index (χ3n) is 2.33. The minimum atomic E-state index is -1.41. The van der Waals surface area contributed by atoms with Crippen LogP contribution in [0.2, 0.25) is 19.6 Å². The van der Waals surface area contributed by atoms with E-state index in [-0.39, 0.29) is 0 Å². The third-order valence-corrected chi connectivity index (χ3v) is 4.37. The average Bonchev–Trinajstić information content (AvgIpc) is 2.15. The Balaban J connectivity index is 3.28. The fraction of sp³-hybridized carbons (Fsp3) is 0.364. The van der Waals surface area contributed by atoms with Crippen LogP contribution in [0.1, 0.15) is 10.4 Å². The molecule has 0 fully saturated rings. The maximum Gasteiger partial charge on any atom is 0.252 e. The highest BCUT2D eigenvalue weighted by Crippen LogP contribution is 2.17. The van der Waals surface area contributed by atoms with Gasteiger partial charge in [0.2, 0.25) is 0 Å². The van der Waals surface area contributed by atoms with Crippen LogP contribution in [0.15, 0.2) is 18.2 Å². The number of benzene rings is 1. The van der Waals surface area contributed by atoms with Gasteiger partial charge in [0.1, 0.15) is 5.75 Å². The topological polar surface area (TPSA) is 52.3 Å². The summed E-state index contributed by atoms with van der Waals surface area (Å²) in [6.45, 7) is 6.67. The summed E-state index contributed by atoms with van der Waals surface area (Å²) in [6.07, 6.45) is 0. The van der Waals surface area contributed by atoms with E-state index in [2.05, 4.69) is 19.6 Å². The molecule has 2 N–H and O–H groups in total. The highest BCUT2D eigenvalue weighted by Gasteiger charge is 2.19. The quantitative estimate of drug-likeness (QED) is 0.786. The van der Waals surface area contributed by atoms with Crippen molar-refractivity contribution in [3.63, 3.8) is 0 Å². The molecule has 0 aromatic heterocycles. The van der Waals surface area contributed by atoms with Gasteiger partial charge in [-0.2, -0.15) is 0 Å². The van der Waals surface area contributed by atoms with E-state index < -0.39 is 14.0 Å². The van der Waals surface area contributed by atoms with Gasteiger partial charge >= 0.3 is 0 Å². The Hall–Kier alpha value is -1.29. The van der Waals surface area contributed by atoms with Gasteiger partial charge in [-0.25, -0.2) is 0 Å². The van der Waals surface area contributed by atoms with Gasteiger partial charge in [0.25, 0.3) is 5.91 Å². The van der Waals surface area contributed by atoms with E-state index in [9.17, 15) is 4.79 Å². The average molecular weight is 223 g/mol. The summed E-state index contributed by atoms with van der Waals surface area (Å²) in [4.78, 5) is 11.2. The number of hydrogen-bond acceptors (Lipinski definition) is 2. The lowest BCUT2D eigenvalue weighted by molar-refractivity contribution is 0.0997. The smallest absolute Gasteiger partial charge is 0.252 e. The third kappa shape index (κ3) is 2.59. The molecule has 0 bridgehead atoms. The van der Waals surface area contributed by atoms with Crippen LogP contribution in [0.25, 0.3) is 0 Å². The monoisotopic (exact) mass is 223 g/mol. The predicted molar refractivity (Wildman–Crippen MR) is 64.5 cm³/mol. The summed E-state index contributed by atoms with van der Waals surface area (Å²) >= 11 is 0. The molecule has 0 heterocycles. The van der Waals surface area contributed by atoms with Gasteiger partial charge in [-0.15, -0.1) is 0 Å². The first-order valence-corrected chi connectivity index (χ1v) is 8.34. The molecular formula is C11H17NO2Si. The van der Waals surface area contributed by atoms with Crippen molar-refractivity contribution in [3.8, 4) is 5.75 Å². The lowest BCUT2D eigenvalue weighted by Gasteiger charge is -2.18. The first-order valence-electron chi connectivity index (χ1n) is 4.84. The molecule has 1 rings (SSSR count). The number of primary amides is 1. The van der Waals surface area contributed by atoms with Crippen LogP contribution < -0.4 is 15.7 Å². The van der Waals surface area contributed by atoms with Crippen molar-refractivity contribution in [3.05, 3.63) is 23.8 Å². The van der Waals surface area contributed by atoms with Crippen molar-refractivity contribution in [1.29, 1.82) is 0 Å². The maximum absolute atomic E-state index is 11.2. The fourth-order valence-corrected chi connectivity index (χ4v) is 2.53.